The minimum atomic E-state index is -0.247. The molecule has 2 rings (SSSR count). The van der Waals surface area contributed by atoms with Gasteiger partial charge in [-0.3, -0.25) is 4.79 Å². The Morgan fingerprint density at radius 2 is 1.86 bits per heavy atom. The highest BCUT2D eigenvalue weighted by Gasteiger charge is 2.21. The molecule has 1 aromatic rings. The molecule has 4 heteroatoms. The van der Waals surface area contributed by atoms with Gasteiger partial charge in [0.05, 0.1) is 19.1 Å². The Labute approximate surface area is 126 Å². The molecule has 1 aliphatic heterocycles. The quantitative estimate of drug-likeness (QED) is 0.926. The second-order valence-corrected chi connectivity index (χ2v) is 5.86. The molecule has 0 aliphatic carbocycles. The van der Waals surface area contributed by atoms with Gasteiger partial charge in [-0.25, -0.2) is 0 Å². The van der Waals surface area contributed by atoms with E-state index in [1.165, 1.54) is 5.56 Å². The van der Waals surface area contributed by atoms with Gasteiger partial charge in [0, 0.05) is 13.1 Å². The molecule has 0 bridgehead atoms. The van der Waals surface area contributed by atoms with Crippen molar-refractivity contribution in [1.29, 1.82) is 0 Å². The first-order valence-corrected chi connectivity index (χ1v) is 7.64. The number of aliphatic hydroxyl groups excluding tert-OH is 1. The lowest BCUT2D eigenvalue weighted by Crippen LogP contribution is -2.40. The van der Waals surface area contributed by atoms with Crippen molar-refractivity contribution in [2.45, 2.75) is 46.1 Å². The van der Waals surface area contributed by atoms with E-state index in [4.69, 9.17) is 4.74 Å². The van der Waals surface area contributed by atoms with E-state index in [-0.39, 0.29) is 12.0 Å². The summed E-state index contributed by atoms with van der Waals surface area (Å²) in [6, 6.07) is 4.13. The highest BCUT2D eigenvalue weighted by molar-refractivity contribution is 5.76. The molecule has 0 radical (unpaired) electrons. The molecule has 4 nitrogen and oxygen atoms in total. The number of benzene rings is 1. The summed E-state index contributed by atoms with van der Waals surface area (Å²) in [6.07, 6.45) is 1.51. The standard InChI is InChI=1S/C17H25NO3/c1-12-4-5-13(2)17(14(12)3)21-11-8-16(20)18-9-6-15(19)7-10-18/h4-5,15,19H,6-11H2,1-3H3. The predicted molar refractivity (Wildman–Crippen MR) is 82.6 cm³/mol. The minimum Gasteiger partial charge on any atom is -0.492 e. The molecule has 116 valence electrons. The maximum atomic E-state index is 12.1. The summed E-state index contributed by atoms with van der Waals surface area (Å²) in [5.41, 5.74) is 3.45. The van der Waals surface area contributed by atoms with Gasteiger partial charge in [0.1, 0.15) is 5.75 Å². The molecular formula is C17H25NO3. The van der Waals surface area contributed by atoms with Crippen molar-refractivity contribution < 1.29 is 14.6 Å². The van der Waals surface area contributed by atoms with Crippen LogP contribution in [0.2, 0.25) is 0 Å². The number of carbonyl (C=O) groups excluding carboxylic acids is 1. The van der Waals surface area contributed by atoms with Crippen LogP contribution in [-0.2, 0) is 4.79 Å². The lowest BCUT2D eigenvalue weighted by Gasteiger charge is -2.29. The van der Waals surface area contributed by atoms with Crippen LogP contribution in [0.4, 0.5) is 0 Å². The van der Waals surface area contributed by atoms with Gasteiger partial charge in [0.15, 0.2) is 0 Å². The first kappa shape index (κ1) is 15.8. The van der Waals surface area contributed by atoms with E-state index in [9.17, 15) is 9.90 Å². The molecule has 0 aromatic heterocycles. The van der Waals surface area contributed by atoms with Crippen molar-refractivity contribution in [3.8, 4) is 5.75 Å². The number of hydrogen-bond donors (Lipinski definition) is 1. The molecule has 1 amide bonds. The van der Waals surface area contributed by atoms with Crippen molar-refractivity contribution in [3.63, 3.8) is 0 Å². The Morgan fingerprint density at radius 3 is 2.52 bits per heavy atom. The number of amides is 1. The topological polar surface area (TPSA) is 49.8 Å². The number of likely N-dealkylation sites (tertiary alicyclic amines) is 1. The van der Waals surface area contributed by atoms with Crippen LogP contribution in [-0.4, -0.2) is 41.7 Å². The van der Waals surface area contributed by atoms with Crippen LogP contribution >= 0.6 is 0 Å². The monoisotopic (exact) mass is 291 g/mol. The van der Waals surface area contributed by atoms with Crippen molar-refractivity contribution in [2.75, 3.05) is 19.7 Å². The maximum absolute atomic E-state index is 12.1. The van der Waals surface area contributed by atoms with Crippen LogP contribution in [0.5, 0.6) is 5.75 Å². The Bertz CT molecular complexity index is 505. The second kappa shape index (κ2) is 6.94. The number of hydrogen-bond acceptors (Lipinski definition) is 3. The number of nitrogens with zero attached hydrogens (tertiary/aromatic N) is 1. The van der Waals surface area contributed by atoms with E-state index >= 15 is 0 Å². The zero-order chi connectivity index (χ0) is 15.4. The average molecular weight is 291 g/mol. The van der Waals surface area contributed by atoms with Gasteiger partial charge < -0.3 is 14.7 Å². The summed E-state index contributed by atoms with van der Waals surface area (Å²) in [5.74, 6) is 1.02. The normalized spacial score (nSPS) is 16.1. The summed E-state index contributed by atoms with van der Waals surface area (Å²) in [4.78, 5) is 13.9. The molecule has 0 unspecified atom stereocenters. The van der Waals surface area contributed by atoms with Crippen LogP contribution in [0.15, 0.2) is 12.1 Å². The zero-order valence-corrected chi connectivity index (χ0v) is 13.2. The van der Waals surface area contributed by atoms with E-state index in [2.05, 4.69) is 13.0 Å². The van der Waals surface area contributed by atoms with Gasteiger partial charge in [-0.1, -0.05) is 12.1 Å². The summed E-state index contributed by atoms with van der Waals surface area (Å²) < 4.78 is 5.83. The fourth-order valence-electron chi connectivity index (χ4n) is 2.66. The minimum absolute atomic E-state index is 0.116. The Kier molecular flexibility index (Phi) is 5.23. The molecule has 0 atom stereocenters. The number of aliphatic hydroxyl groups is 1. The average Bonchev–Trinajstić information content (AvgIpc) is 2.47. The number of carbonyl (C=O) groups is 1. The Morgan fingerprint density at radius 1 is 1.24 bits per heavy atom. The molecule has 1 heterocycles. The third-order valence-electron chi connectivity index (χ3n) is 4.25. The first-order chi connectivity index (χ1) is 9.99. The smallest absolute Gasteiger partial charge is 0.226 e. The van der Waals surface area contributed by atoms with Gasteiger partial charge in [-0.15, -0.1) is 0 Å². The molecular weight excluding hydrogens is 266 g/mol. The molecule has 1 aliphatic rings. The van der Waals surface area contributed by atoms with E-state index in [1.54, 1.807) is 0 Å². The number of piperidine rings is 1. The Hall–Kier alpha value is -1.55. The first-order valence-electron chi connectivity index (χ1n) is 7.64. The lowest BCUT2D eigenvalue weighted by molar-refractivity contribution is -0.133. The molecule has 1 saturated heterocycles. The maximum Gasteiger partial charge on any atom is 0.226 e. The summed E-state index contributed by atoms with van der Waals surface area (Å²) in [5, 5.41) is 9.46. The van der Waals surface area contributed by atoms with E-state index in [0.29, 0.717) is 39.0 Å². The van der Waals surface area contributed by atoms with Gasteiger partial charge in [-0.05, 0) is 50.3 Å². The third kappa shape index (κ3) is 3.97. The van der Waals surface area contributed by atoms with Gasteiger partial charge >= 0.3 is 0 Å². The van der Waals surface area contributed by atoms with Crippen LogP contribution in [0, 0.1) is 20.8 Å². The molecule has 0 saturated carbocycles. The highest BCUT2D eigenvalue weighted by Crippen LogP contribution is 2.25. The van der Waals surface area contributed by atoms with Crippen molar-refractivity contribution >= 4 is 5.91 Å². The largest absolute Gasteiger partial charge is 0.492 e. The lowest BCUT2D eigenvalue weighted by atomic mass is 10.1. The fraction of sp³-hybridized carbons (Fsp3) is 0.588. The molecule has 1 fully saturated rings. The molecule has 1 N–H and O–H groups in total. The van der Waals surface area contributed by atoms with E-state index < -0.39 is 0 Å². The zero-order valence-electron chi connectivity index (χ0n) is 13.2. The number of ether oxygens (including phenoxy) is 1. The van der Waals surface area contributed by atoms with E-state index in [0.717, 1.165) is 16.9 Å². The van der Waals surface area contributed by atoms with Crippen molar-refractivity contribution in [2.24, 2.45) is 0 Å². The van der Waals surface area contributed by atoms with Crippen LogP contribution < -0.4 is 4.74 Å². The van der Waals surface area contributed by atoms with Crippen molar-refractivity contribution in [3.05, 3.63) is 28.8 Å². The second-order valence-electron chi connectivity index (χ2n) is 5.86. The molecule has 21 heavy (non-hydrogen) atoms. The number of rotatable bonds is 4. The number of aryl methyl sites for hydroxylation is 2. The third-order valence-corrected chi connectivity index (χ3v) is 4.25. The van der Waals surface area contributed by atoms with Crippen LogP contribution in [0.25, 0.3) is 0 Å². The predicted octanol–water partition coefficient (Wildman–Crippen LogP) is 2.36. The Balaban J connectivity index is 1.84. The summed E-state index contributed by atoms with van der Waals surface area (Å²) >= 11 is 0. The van der Waals surface area contributed by atoms with Gasteiger partial charge in [-0.2, -0.15) is 0 Å². The highest BCUT2D eigenvalue weighted by atomic mass is 16.5. The SMILES string of the molecule is Cc1ccc(C)c(OCCC(=O)N2CCC(O)CC2)c1C. The van der Waals surface area contributed by atoms with Gasteiger partial charge in [0.2, 0.25) is 5.91 Å². The molecule has 0 spiro atoms. The van der Waals surface area contributed by atoms with Crippen LogP contribution in [0.1, 0.15) is 36.0 Å². The molecule has 1 aromatic carbocycles. The fourth-order valence-corrected chi connectivity index (χ4v) is 2.66. The van der Waals surface area contributed by atoms with E-state index in [1.807, 2.05) is 24.8 Å². The van der Waals surface area contributed by atoms with Crippen LogP contribution in [0.3, 0.4) is 0 Å². The summed E-state index contributed by atoms with van der Waals surface area (Å²) in [7, 11) is 0. The van der Waals surface area contributed by atoms with Gasteiger partial charge in [0.25, 0.3) is 0 Å². The summed E-state index contributed by atoms with van der Waals surface area (Å²) in [6.45, 7) is 7.85. The van der Waals surface area contributed by atoms with Crippen molar-refractivity contribution in [1.82, 2.24) is 4.90 Å².